The first kappa shape index (κ1) is 17.9. The highest BCUT2D eigenvalue weighted by Gasteiger charge is 2.27. The highest BCUT2D eigenvalue weighted by atomic mass is 35.5. The first-order valence-electron chi connectivity index (χ1n) is 7.42. The highest BCUT2D eigenvalue weighted by Crippen LogP contribution is 2.20. The molecule has 1 N–H and O–H groups in total. The molecule has 0 spiro atoms. The van der Waals surface area contributed by atoms with Crippen LogP contribution in [0.5, 0.6) is 0 Å². The van der Waals surface area contributed by atoms with Gasteiger partial charge in [-0.3, -0.25) is 4.79 Å². The van der Waals surface area contributed by atoms with Crippen molar-refractivity contribution in [2.75, 3.05) is 7.11 Å². The van der Waals surface area contributed by atoms with E-state index in [1.807, 2.05) is 19.9 Å². The third-order valence-corrected chi connectivity index (χ3v) is 3.78. The molecule has 0 aliphatic rings. The van der Waals surface area contributed by atoms with Gasteiger partial charge in [0.1, 0.15) is 11.9 Å². The van der Waals surface area contributed by atoms with Gasteiger partial charge in [-0.1, -0.05) is 37.6 Å². The quantitative estimate of drug-likeness (QED) is 0.835. The molecule has 0 aliphatic carbocycles. The molecule has 1 amide bonds. The van der Waals surface area contributed by atoms with Crippen LogP contribution in [0.2, 0.25) is 5.02 Å². The minimum atomic E-state index is -0.768. The van der Waals surface area contributed by atoms with E-state index >= 15 is 0 Å². The Bertz CT molecular complexity index is 758. The Kier molecular flexibility index (Phi) is 5.56. The second-order valence-corrected chi connectivity index (χ2v) is 5.97. The number of halogens is 1. The first-order valence-corrected chi connectivity index (χ1v) is 7.80. The van der Waals surface area contributed by atoms with Gasteiger partial charge in [-0.05, 0) is 25.0 Å². The minimum absolute atomic E-state index is 0.0398. The maximum atomic E-state index is 12.4. The van der Waals surface area contributed by atoms with Crippen molar-refractivity contribution in [2.24, 2.45) is 5.92 Å². The summed E-state index contributed by atoms with van der Waals surface area (Å²) in [5, 5.41) is 7.29. The van der Waals surface area contributed by atoms with Crippen LogP contribution in [0.4, 0.5) is 0 Å². The van der Waals surface area contributed by atoms with E-state index in [4.69, 9.17) is 16.3 Å². The molecule has 8 heteroatoms. The summed E-state index contributed by atoms with van der Waals surface area (Å²) >= 11 is 6.16. The van der Waals surface area contributed by atoms with Gasteiger partial charge in [0.05, 0.1) is 17.8 Å². The van der Waals surface area contributed by atoms with E-state index in [-0.39, 0.29) is 11.7 Å². The van der Waals surface area contributed by atoms with Gasteiger partial charge < -0.3 is 10.1 Å². The number of para-hydroxylation sites is 1. The molecule has 1 atom stereocenters. The van der Waals surface area contributed by atoms with E-state index in [2.05, 4.69) is 15.4 Å². The smallest absolute Gasteiger partial charge is 0.328 e. The molecule has 0 saturated carbocycles. The summed E-state index contributed by atoms with van der Waals surface area (Å²) in [5.41, 5.74) is 0.622. The van der Waals surface area contributed by atoms with Crippen molar-refractivity contribution in [3.05, 3.63) is 40.9 Å². The number of hydrogen-bond acceptors (Lipinski definition) is 5. The number of methoxy groups -OCH3 is 1. The lowest BCUT2D eigenvalue weighted by Crippen LogP contribution is -2.45. The Morgan fingerprint density at radius 1 is 1.29 bits per heavy atom. The lowest BCUT2D eigenvalue weighted by molar-refractivity contribution is -0.144. The number of esters is 1. The maximum Gasteiger partial charge on any atom is 0.328 e. The number of ether oxygens (including phenoxy) is 1. The number of aryl methyl sites for hydroxylation is 1. The van der Waals surface area contributed by atoms with E-state index in [1.165, 1.54) is 11.8 Å². The van der Waals surface area contributed by atoms with Gasteiger partial charge in [0.15, 0.2) is 0 Å². The second kappa shape index (κ2) is 7.44. The fraction of sp³-hybridized carbons (Fsp3) is 0.375. The molecule has 2 rings (SSSR count). The summed E-state index contributed by atoms with van der Waals surface area (Å²) in [7, 11) is 1.28. The molecule has 24 heavy (non-hydrogen) atoms. The van der Waals surface area contributed by atoms with E-state index in [9.17, 15) is 9.59 Å². The van der Waals surface area contributed by atoms with Gasteiger partial charge in [0.25, 0.3) is 5.91 Å². The number of carbonyl (C=O) groups excluding carboxylic acids is 2. The van der Waals surface area contributed by atoms with Crippen LogP contribution in [0.15, 0.2) is 24.3 Å². The summed E-state index contributed by atoms with van der Waals surface area (Å²) < 4.78 is 6.19. The molecule has 7 nitrogen and oxygen atoms in total. The molecule has 0 saturated heterocycles. The third kappa shape index (κ3) is 3.73. The molecule has 1 heterocycles. The SMILES string of the molecule is COC(=O)C(NC(=O)c1nc(C)n(-c2ccccc2Cl)n1)C(C)C. The van der Waals surface area contributed by atoms with Crippen molar-refractivity contribution in [1.82, 2.24) is 20.1 Å². The highest BCUT2D eigenvalue weighted by molar-refractivity contribution is 6.32. The summed E-state index contributed by atoms with van der Waals surface area (Å²) in [5.74, 6) is -0.726. The Labute approximate surface area is 145 Å². The zero-order chi connectivity index (χ0) is 17.9. The summed E-state index contributed by atoms with van der Waals surface area (Å²) in [6.07, 6.45) is 0. The van der Waals surface area contributed by atoms with Crippen LogP contribution < -0.4 is 5.32 Å². The number of rotatable bonds is 5. The number of aromatic nitrogens is 3. The molecule has 1 aromatic carbocycles. The van der Waals surface area contributed by atoms with Crippen LogP contribution in [0.25, 0.3) is 5.69 Å². The van der Waals surface area contributed by atoms with E-state index < -0.39 is 17.9 Å². The zero-order valence-electron chi connectivity index (χ0n) is 13.9. The van der Waals surface area contributed by atoms with Crippen molar-refractivity contribution in [3.63, 3.8) is 0 Å². The van der Waals surface area contributed by atoms with Crippen molar-refractivity contribution < 1.29 is 14.3 Å². The Balaban J connectivity index is 2.27. The average Bonchev–Trinajstić information content (AvgIpc) is 2.93. The number of carbonyl (C=O) groups is 2. The van der Waals surface area contributed by atoms with Gasteiger partial charge in [-0.25, -0.2) is 14.5 Å². The van der Waals surface area contributed by atoms with Crippen molar-refractivity contribution >= 4 is 23.5 Å². The number of nitrogens with one attached hydrogen (secondary N) is 1. The van der Waals surface area contributed by atoms with Gasteiger partial charge in [0.2, 0.25) is 5.82 Å². The molecule has 0 fully saturated rings. The molecule has 0 bridgehead atoms. The predicted octanol–water partition coefficient (Wildman–Crippen LogP) is 2.16. The maximum absolute atomic E-state index is 12.4. The average molecular weight is 351 g/mol. The van der Waals surface area contributed by atoms with Gasteiger partial charge in [-0.2, -0.15) is 0 Å². The van der Waals surface area contributed by atoms with Crippen LogP contribution >= 0.6 is 11.6 Å². The van der Waals surface area contributed by atoms with E-state index in [0.717, 1.165) is 0 Å². The van der Waals surface area contributed by atoms with Crippen molar-refractivity contribution in [1.29, 1.82) is 0 Å². The number of hydrogen-bond donors (Lipinski definition) is 1. The molecular formula is C16H19ClN4O3. The Morgan fingerprint density at radius 3 is 2.54 bits per heavy atom. The normalized spacial score (nSPS) is 12.1. The molecule has 0 radical (unpaired) electrons. The number of amides is 1. The third-order valence-electron chi connectivity index (χ3n) is 3.46. The fourth-order valence-corrected chi connectivity index (χ4v) is 2.38. The molecular weight excluding hydrogens is 332 g/mol. The molecule has 2 aromatic rings. The zero-order valence-corrected chi connectivity index (χ0v) is 14.7. The summed E-state index contributed by atoms with van der Waals surface area (Å²) in [4.78, 5) is 28.3. The van der Waals surface area contributed by atoms with Gasteiger partial charge >= 0.3 is 5.97 Å². The van der Waals surface area contributed by atoms with Gasteiger partial charge in [0, 0.05) is 0 Å². The first-order chi connectivity index (χ1) is 11.3. The van der Waals surface area contributed by atoms with Crippen LogP contribution in [0.3, 0.4) is 0 Å². The lowest BCUT2D eigenvalue weighted by Gasteiger charge is -2.18. The van der Waals surface area contributed by atoms with E-state index in [0.29, 0.717) is 16.5 Å². The minimum Gasteiger partial charge on any atom is -0.467 e. The predicted molar refractivity (Wildman–Crippen MR) is 89.2 cm³/mol. The topological polar surface area (TPSA) is 86.1 Å². The standard InChI is InChI=1S/C16H19ClN4O3/c1-9(2)13(16(23)24-4)19-15(22)14-18-10(3)21(20-14)12-8-6-5-7-11(12)17/h5-9,13H,1-4H3,(H,19,22). The van der Waals surface area contributed by atoms with Crippen molar-refractivity contribution in [2.45, 2.75) is 26.8 Å². The molecule has 128 valence electrons. The van der Waals surface area contributed by atoms with E-state index in [1.54, 1.807) is 25.1 Å². The second-order valence-electron chi connectivity index (χ2n) is 5.56. The monoisotopic (exact) mass is 350 g/mol. The Hall–Kier alpha value is -2.41. The van der Waals surface area contributed by atoms with Crippen LogP contribution in [0, 0.1) is 12.8 Å². The molecule has 1 unspecified atom stereocenters. The lowest BCUT2D eigenvalue weighted by atomic mass is 10.0. The number of nitrogens with zero attached hydrogens (tertiary/aromatic N) is 3. The molecule has 0 aliphatic heterocycles. The summed E-state index contributed by atoms with van der Waals surface area (Å²) in [6.45, 7) is 5.33. The number of benzene rings is 1. The fourth-order valence-electron chi connectivity index (χ4n) is 2.17. The van der Waals surface area contributed by atoms with Crippen LogP contribution in [-0.4, -0.2) is 39.8 Å². The van der Waals surface area contributed by atoms with Crippen molar-refractivity contribution in [3.8, 4) is 5.69 Å². The largest absolute Gasteiger partial charge is 0.467 e. The summed E-state index contributed by atoms with van der Waals surface area (Å²) in [6, 6.07) is 6.35. The van der Waals surface area contributed by atoms with Crippen LogP contribution in [-0.2, 0) is 9.53 Å². The Morgan fingerprint density at radius 2 is 1.96 bits per heavy atom. The van der Waals surface area contributed by atoms with Gasteiger partial charge in [-0.15, -0.1) is 5.10 Å². The van der Waals surface area contributed by atoms with Crippen LogP contribution in [0.1, 0.15) is 30.3 Å². The molecule has 1 aromatic heterocycles.